The average molecular weight is 287 g/mol. The molecule has 0 aliphatic rings. The third-order valence-electron chi connectivity index (χ3n) is 2.59. The van der Waals surface area contributed by atoms with E-state index < -0.39 is 5.82 Å². The molecule has 0 aliphatic carbocycles. The fourth-order valence-corrected chi connectivity index (χ4v) is 1.66. The lowest BCUT2D eigenvalue weighted by molar-refractivity contribution is 0.128. The Labute approximate surface area is 121 Å². The van der Waals surface area contributed by atoms with Crippen molar-refractivity contribution in [2.24, 2.45) is 0 Å². The molecule has 7 heteroatoms. The number of ether oxygens (including phenoxy) is 1. The number of rotatable bonds is 5. The van der Waals surface area contributed by atoms with Crippen LogP contribution in [0.4, 0.5) is 21.7 Å². The minimum absolute atomic E-state index is 0.203. The summed E-state index contributed by atoms with van der Waals surface area (Å²) in [5.41, 5.74) is 6.14. The number of nitrogens with one attached hydrogen (secondary N) is 1. The van der Waals surface area contributed by atoms with E-state index in [9.17, 15) is 4.39 Å². The van der Waals surface area contributed by atoms with E-state index in [-0.39, 0.29) is 23.7 Å². The Hall–Kier alpha value is -2.72. The number of nitrogens with two attached hydrogens (primary N) is 1. The van der Waals surface area contributed by atoms with Crippen molar-refractivity contribution in [3.63, 3.8) is 0 Å². The molecule has 6 nitrogen and oxygen atoms in total. The second-order valence-corrected chi connectivity index (χ2v) is 4.16. The van der Waals surface area contributed by atoms with Gasteiger partial charge in [0.05, 0.1) is 17.3 Å². The SMILES string of the molecule is CCOCc1nc(N)cc(Nc2ccc(C#N)cc2F)n1. The van der Waals surface area contributed by atoms with Crippen LogP contribution in [0.25, 0.3) is 0 Å². The maximum Gasteiger partial charge on any atom is 0.158 e. The number of halogens is 1. The first kappa shape index (κ1) is 14.7. The molecular weight excluding hydrogens is 273 g/mol. The topological polar surface area (TPSA) is 96.9 Å². The van der Waals surface area contributed by atoms with Crippen LogP contribution in [-0.2, 0) is 11.3 Å². The Morgan fingerprint density at radius 3 is 2.86 bits per heavy atom. The highest BCUT2D eigenvalue weighted by Gasteiger charge is 2.07. The van der Waals surface area contributed by atoms with Gasteiger partial charge in [-0.3, -0.25) is 0 Å². The van der Waals surface area contributed by atoms with E-state index in [2.05, 4.69) is 15.3 Å². The van der Waals surface area contributed by atoms with Crippen molar-refractivity contribution < 1.29 is 9.13 Å². The molecule has 0 amide bonds. The van der Waals surface area contributed by atoms with Gasteiger partial charge in [-0.15, -0.1) is 0 Å². The minimum atomic E-state index is -0.544. The first-order valence-electron chi connectivity index (χ1n) is 6.30. The zero-order chi connectivity index (χ0) is 15.2. The summed E-state index contributed by atoms with van der Waals surface area (Å²) in [6.07, 6.45) is 0. The summed E-state index contributed by atoms with van der Waals surface area (Å²) in [4.78, 5) is 8.22. The molecule has 0 saturated carbocycles. The molecule has 0 aliphatic heterocycles. The maximum absolute atomic E-state index is 13.8. The van der Waals surface area contributed by atoms with Crippen molar-refractivity contribution in [1.82, 2.24) is 9.97 Å². The first-order chi connectivity index (χ1) is 10.1. The molecule has 0 bridgehead atoms. The van der Waals surface area contributed by atoms with Gasteiger partial charge in [0, 0.05) is 12.7 Å². The standard InChI is InChI=1S/C14H14FN5O/c1-2-21-8-14-19-12(17)6-13(20-14)18-11-4-3-9(7-16)5-10(11)15/h3-6H,2,8H2,1H3,(H3,17,18,19,20). The molecule has 108 valence electrons. The Morgan fingerprint density at radius 1 is 1.38 bits per heavy atom. The molecule has 2 rings (SSSR count). The van der Waals surface area contributed by atoms with E-state index in [4.69, 9.17) is 15.7 Å². The Morgan fingerprint density at radius 2 is 2.19 bits per heavy atom. The van der Waals surface area contributed by atoms with Crippen LogP contribution < -0.4 is 11.1 Å². The summed E-state index contributed by atoms with van der Waals surface area (Å²) in [5, 5.41) is 11.5. The normalized spacial score (nSPS) is 10.1. The van der Waals surface area contributed by atoms with Gasteiger partial charge in [0.25, 0.3) is 0 Å². The average Bonchev–Trinajstić information content (AvgIpc) is 2.46. The lowest BCUT2D eigenvalue weighted by Crippen LogP contribution is -2.06. The van der Waals surface area contributed by atoms with Gasteiger partial charge in [-0.1, -0.05) is 0 Å². The molecule has 2 aromatic rings. The van der Waals surface area contributed by atoms with Crippen LogP contribution in [0.3, 0.4) is 0 Å². The van der Waals surface area contributed by atoms with Gasteiger partial charge >= 0.3 is 0 Å². The predicted octanol–water partition coefficient (Wildman–Crippen LogP) is 2.35. The van der Waals surface area contributed by atoms with Gasteiger partial charge in [-0.05, 0) is 25.1 Å². The van der Waals surface area contributed by atoms with E-state index in [1.807, 2.05) is 13.0 Å². The zero-order valence-corrected chi connectivity index (χ0v) is 11.4. The van der Waals surface area contributed by atoms with Gasteiger partial charge in [0.2, 0.25) is 0 Å². The van der Waals surface area contributed by atoms with Crippen molar-refractivity contribution in [3.8, 4) is 6.07 Å². The summed E-state index contributed by atoms with van der Waals surface area (Å²) in [6.45, 7) is 2.62. The predicted molar refractivity (Wildman–Crippen MR) is 76.2 cm³/mol. The lowest BCUT2D eigenvalue weighted by Gasteiger charge is -2.09. The third-order valence-corrected chi connectivity index (χ3v) is 2.59. The van der Waals surface area contributed by atoms with E-state index in [0.717, 1.165) is 6.07 Å². The molecule has 0 unspecified atom stereocenters. The van der Waals surface area contributed by atoms with Gasteiger partial charge < -0.3 is 15.8 Å². The summed E-state index contributed by atoms with van der Waals surface area (Å²) in [6, 6.07) is 7.49. The number of nitriles is 1. The molecule has 0 atom stereocenters. The lowest BCUT2D eigenvalue weighted by atomic mass is 10.2. The number of benzene rings is 1. The highest BCUT2D eigenvalue weighted by atomic mass is 19.1. The Balaban J connectivity index is 2.23. The first-order valence-corrected chi connectivity index (χ1v) is 6.30. The van der Waals surface area contributed by atoms with Gasteiger partial charge in [-0.2, -0.15) is 5.26 Å². The molecule has 0 spiro atoms. The van der Waals surface area contributed by atoms with Gasteiger partial charge in [0.1, 0.15) is 24.1 Å². The highest BCUT2D eigenvalue weighted by molar-refractivity contribution is 5.60. The quantitative estimate of drug-likeness (QED) is 0.876. The second kappa shape index (κ2) is 6.63. The molecule has 0 radical (unpaired) electrons. The van der Waals surface area contributed by atoms with Crippen molar-refractivity contribution in [3.05, 3.63) is 41.5 Å². The van der Waals surface area contributed by atoms with Gasteiger partial charge in [0.15, 0.2) is 5.82 Å². The van der Waals surface area contributed by atoms with Crippen LogP contribution in [0.15, 0.2) is 24.3 Å². The number of aromatic nitrogens is 2. The summed E-state index contributed by atoms with van der Waals surface area (Å²) >= 11 is 0. The van der Waals surface area contributed by atoms with Crippen LogP contribution in [0.5, 0.6) is 0 Å². The van der Waals surface area contributed by atoms with Crippen LogP contribution in [0.1, 0.15) is 18.3 Å². The Kier molecular flexibility index (Phi) is 4.64. The van der Waals surface area contributed by atoms with Gasteiger partial charge in [-0.25, -0.2) is 14.4 Å². The smallest absolute Gasteiger partial charge is 0.158 e. The molecule has 1 aromatic carbocycles. The molecular formula is C14H14FN5O. The van der Waals surface area contributed by atoms with E-state index >= 15 is 0 Å². The number of hydrogen-bond donors (Lipinski definition) is 2. The van der Waals surface area contributed by atoms with Crippen molar-refractivity contribution in [2.45, 2.75) is 13.5 Å². The van der Waals surface area contributed by atoms with E-state index in [1.165, 1.54) is 18.2 Å². The van der Waals surface area contributed by atoms with Crippen molar-refractivity contribution >= 4 is 17.3 Å². The summed E-state index contributed by atoms with van der Waals surface area (Å²) in [7, 11) is 0. The monoisotopic (exact) mass is 287 g/mol. The third kappa shape index (κ3) is 3.87. The maximum atomic E-state index is 13.8. The van der Waals surface area contributed by atoms with E-state index in [1.54, 1.807) is 0 Å². The largest absolute Gasteiger partial charge is 0.384 e. The summed E-state index contributed by atoms with van der Waals surface area (Å²) in [5.74, 6) is 0.489. The second-order valence-electron chi connectivity index (χ2n) is 4.16. The number of nitrogens with zero attached hydrogens (tertiary/aromatic N) is 3. The molecule has 0 fully saturated rings. The van der Waals surface area contributed by atoms with E-state index in [0.29, 0.717) is 18.2 Å². The molecule has 3 N–H and O–H groups in total. The van der Waals surface area contributed by atoms with Crippen LogP contribution in [0, 0.1) is 17.1 Å². The zero-order valence-electron chi connectivity index (χ0n) is 11.4. The fourth-order valence-electron chi connectivity index (χ4n) is 1.66. The van der Waals surface area contributed by atoms with Crippen LogP contribution in [0.2, 0.25) is 0 Å². The number of anilines is 3. The van der Waals surface area contributed by atoms with Crippen LogP contribution in [-0.4, -0.2) is 16.6 Å². The highest BCUT2D eigenvalue weighted by Crippen LogP contribution is 2.20. The molecule has 21 heavy (non-hydrogen) atoms. The molecule has 0 saturated heterocycles. The molecule has 1 heterocycles. The molecule has 1 aromatic heterocycles. The number of nitrogen functional groups attached to an aromatic ring is 1. The fraction of sp³-hybridized carbons (Fsp3) is 0.214. The van der Waals surface area contributed by atoms with Crippen LogP contribution >= 0.6 is 0 Å². The minimum Gasteiger partial charge on any atom is -0.384 e. The number of hydrogen-bond acceptors (Lipinski definition) is 6. The Bertz CT molecular complexity index is 684. The van der Waals surface area contributed by atoms with Crippen molar-refractivity contribution in [2.75, 3.05) is 17.7 Å². The van der Waals surface area contributed by atoms with Crippen molar-refractivity contribution in [1.29, 1.82) is 5.26 Å². The summed E-state index contributed by atoms with van der Waals surface area (Å²) < 4.78 is 19.0.